The number of hydrogen-bond donors (Lipinski definition) is 1. The van der Waals surface area contributed by atoms with Crippen LogP contribution in [-0.2, 0) is 0 Å². The van der Waals surface area contributed by atoms with Gasteiger partial charge in [-0.2, -0.15) is 0 Å². The zero-order valence-electron chi connectivity index (χ0n) is 11.7. The van der Waals surface area contributed by atoms with E-state index in [9.17, 15) is 5.11 Å². The van der Waals surface area contributed by atoms with Crippen LogP contribution in [0.5, 0.6) is 0 Å². The van der Waals surface area contributed by atoms with Crippen LogP contribution in [0.3, 0.4) is 0 Å². The van der Waals surface area contributed by atoms with E-state index in [0.717, 1.165) is 11.8 Å². The van der Waals surface area contributed by atoms with Crippen molar-refractivity contribution in [1.29, 1.82) is 0 Å². The fraction of sp³-hybridized carbons (Fsp3) is 1.00. The second kappa shape index (κ2) is 5.50. The molecule has 0 aromatic heterocycles. The lowest BCUT2D eigenvalue weighted by Crippen LogP contribution is -2.49. The maximum absolute atomic E-state index is 9.85. The monoisotopic (exact) mass is 251 g/mol. The van der Waals surface area contributed by atoms with Crippen molar-refractivity contribution in [3.63, 3.8) is 0 Å². The van der Waals surface area contributed by atoms with E-state index in [4.69, 9.17) is 0 Å². The molecule has 3 fully saturated rings. The molecule has 1 aliphatic heterocycles. The summed E-state index contributed by atoms with van der Waals surface area (Å²) in [6, 6.07) is 0. The minimum Gasteiger partial charge on any atom is -0.396 e. The molecular formula is C16H29NO. The van der Waals surface area contributed by atoms with Crippen LogP contribution in [0.1, 0.15) is 57.8 Å². The summed E-state index contributed by atoms with van der Waals surface area (Å²) in [4.78, 5) is 2.71. The maximum atomic E-state index is 9.85. The van der Waals surface area contributed by atoms with E-state index in [1.165, 1.54) is 77.4 Å². The predicted molar refractivity (Wildman–Crippen MR) is 74.5 cm³/mol. The Balaban J connectivity index is 1.60. The van der Waals surface area contributed by atoms with Gasteiger partial charge >= 0.3 is 0 Å². The molecule has 104 valence electrons. The van der Waals surface area contributed by atoms with Gasteiger partial charge in [-0.1, -0.05) is 25.7 Å². The normalized spacial score (nSPS) is 36.5. The highest BCUT2D eigenvalue weighted by molar-refractivity contribution is 4.90. The van der Waals surface area contributed by atoms with Gasteiger partial charge in [0.1, 0.15) is 0 Å². The molecule has 2 aliphatic carbocycles. The first-order chi connectivity index (χ1) is 8.80. The number of fused-ring (bicyclic) bond motifs is 2. The van der Waals surface area contributed by atoms with E-state index < -0.39 is 0 Å². The molecule has 2 bridgehead atoms. The molecule has 2 heteroatoms. The SMILES string of the molecule is OCC1(CN2CC3CCCC(C3)C2)CCCCC1. The first kappa shape index (κ1) is 12.9. The molecule has 2 atom stereocenters. The summed E-state index contributed by atoms with van der Waals surface area (Å²) in [7, 11) is 0. The topological polar surface area (TPSA) is 23.5 Å². The number of likely N-dealkylation sites (tertiary alicyclic amines) is 1. The lowest BCUT2D eigenvalue weighted by Gasteiger charge is -2.46. The molecule has 0 radical (unpaired) electrons. The Morgan fingerprint density at radius 2 is 1.61 bits per heavy atom. The Hall–Kier alpha value is -0.0800. The lowest BCUT2D eigenvalue weighted by molar-refractivity contribution is 0.00344. The van der Waals surface area contributed by atoms with Crippen molar-refractivity contribution in [3.05, 3.63) is 0 Å². The molecular weight excluding hydrogens is 222 g/mol. The van der Waals surface area contributed by atoms with Gasteiger partial charge in [0.05, 0.1) is 0 Å². The molecule has 3 rings (SSSR count). The Morgan fingerprint density at radius 3 is 2.22 bits per heavy atom. The Labute approximate surface area is 112 Å². The van der Waals surface area contributed by atoms with Gasteiger partial charge in [0.15, 0.2) is 0 Å². The summed E-state index contributed by atoms with van der Waals surface area (Å²) in [6.45, 7) is 4.23. The first-order valence-corrected chi connectivity index (χ1v) is 8.13. The van der Waals surface area contributed by atoms with Gasteiger partial charge < -0.3 is 10.0 Å². The molecule has 0 amide bonds. The third-order valence-electron chi connectivity index (χ3n) is 5.73. The molecule has 0 aromatic rings. The van der Waals surface area contributed by atoms with Gasteiger partial charge in [0, 0.05) is 31.7 Å². The number of aliphatic hydroxyl groups is 1. The Kier molecular flexibility index (Phi) is 3.95. The maximum Gasteiger partial charge on any atom is 0.0499 e. The van der Waals surface area contributed by atoms with Gasteiger partial charge in [0.25, 0.3) is 0 Å². The van der Waals surface area contributed by atoms with Crippen molar-refractivity contribution in [1.82, 2.24) is 4.90 Å². The molecule has 0 spiro atoms. The van der Waals surface area contributed by atoms with Crippen molar-refractivity contribution in [2.45, 2.75) is 57.8 Å². The van der Waals surface area contributed by atoms with Crippen molar-refractivity contribution in [2.75, 3.05) is 26.2 Å². The second-order valence-corrected chi connectivity index (χ2v) is 7.31. The van der Waals surface area contributed by atoms with Gasteiger partial charge in [0.2, 0.25) is 0 Å². The summed E-state index contributed by atoms with van der Waals surface area (Å²) in [5, 5.41) is 9.85. The molecule has 2 saturated carbocycles. The number of aliphatic hydroxyl groups excluding tert-OH is 1. The highest BCUT2D eigenvalue weighted by Gasteiger charge is 2.37. The second-order valence-electron chi connectivity index (χ2n) is 7.31. The summed E-state index contributed by atoms with van der Waals surface area (Å²) >= 11 is 0. The van der Waals surface area contributed by atoms with Crippen LogP contribution in [0.15, 0.2) is 0 Å². The molecule has 1 saturated heterocycles. The smallest absolute Gasteiger partial charge is 0.0499 e. The van der Waals surface area contributed by atoms with E-state index in [1.54, 1.807) is 0 Å². The molecule has 1 heterocycles. The van der Waals surface area contributed by atoms with Crippen molar-refractivity contribution in [3.8, 4) is 0 Å². The number of rotatable bonds is 3. The summed E-state index contributed by atoms with van der Waals surface area (Å²) in [5.74, 6) is 1.94. The highest BCUT2D eigenvalue weighted by Crippen LogP contribution is 2.40. The average Bonchev–Trinajstić information content (AvgIpc) is 2.39. The zero-order chi connectivity index (χ0) is 12.4. The van der Waals surface area contributed by atoms with E-state index >= 15 is 0 Å². The van der Waals surface area contributed by atoms with E-state index in [-0.39, 0.29) is 5.41 Å². The fourth-order valence-corrected chi connectivity index (χ4v) is 4.81. The number of piperidine rings is 1. The summed E-state index contributed by atoms with van der Waals surface area (Å²) in [6.07, 6.45) is 12.4. The Morgan fingerprint density at radius 1 is 0.944 bits per heavy atom. The van der Waals surface area contributed by atoms with E-state index in [1.807, 2.05) is 0 Å². The third-order valence-corrected chi connectivity index (χ3v) is 5.73. The van der Waals surface area contributed by atoms with E-state index in [0.29, 0.717) is 6.61 Å². The minimum atomic E-state index is 0.254. The summed E-state index contributed by atoms with van der Waals surface area (Å²) in [5.41, 5.74) is 0.254. The van der Waals surface area contributed by atoms with Crippen LogP contribution in [0, 0.1) is 17.3 Å². The van der Waals surface area contributed by atoms with Crippen LogP contribution < -0.4 is 0 Å². The Bertz CT molecular complexity index is 260. The van der Waals surface area contributed by atoms with Gasteiger partial charge in [-0.15, -0.1) is 0 Å². The number of nitrogens with zero attached hydrogens (tertiary/aromatic N) is 1. The van der Waals surface area contributed by atoms with Crippen molar-refractivity contribution in [2.24, 2.45) is 17.3 Å². The summed E-state index contributed by atoms with van der Waals surface area (Å²) < 4.78 is 0. The average molecular weight is 251 g/mol. The van der Waals surface area contributed by atoms with Crippen molar-refractivity contribution >= 4 is 0 Å². The lowest BCUT2D eigenvalue weighted by atomic mass is 9.72. The third kappa shape index (κ3) is 2.75. The minimum absolute atomic E-state index is 0.254. The van der Waals surface area contributed by atoms with Gasteiger partial charge in [-0.25, -0.2) is 0 Å². The first-order valence-electron chi connectivity index (χ1n) is 8.13. The fourth-order valence-electron chi connectivity index (χ4n) is 4.81. The standard InChI is InChI=1S/C16H29NO/c18-13-16(7-2-1-3-8-16)12-17-10-14-5-4-6-15(9-14)11-17/h14-15,18H,1-13H2. The van der Waals surface area contributed by atoms with Crippen LogP contribution in [0.4, 0.5) is 0 Å². The van der Waals surface area contributed by atoms with Crippen LogP contribution >= 0.6 is 0 Å². The van der Waals surface area contributed by atoms with Gasteiger partial charge in [-0.3, -0.25) is 0 Å². The molecule has 0 aromatic carbocycles. The molecule has 1 N–H and O–H groups in total. The van der Waals surface area contributed by atoms with Gasteiger partial charge in [-0.05, 0) is 43.9 Å². The van der Waals surface area contributed by atoms with E-state index in [2.05, 4.69) is 4.90 Å². The van der Waals surface area contributed by atoms with Crippen LogP contribution in [0.2, 0.25) is 0 Å². The van der Waals surface area contributed by atoms with Crippen molar-refractivity contribution < 1.29 is 5.11 Å². The largest absolute Gasteiger partial charge is 0.396 e. The quantitative estimate of drug-likeness (QED) is 0.833. The highest BCUT2D eigenvalue weighted by atomic mass is 16.3. The molecule has 2 unspecified atom stereocenters. The van der Waals surface area contributed by atoms with Crippen LogP contribution in [0.25, 0.3) is 0 Å². The van der Waals surface area contributed by atoms with Crippen LogP contribution in [-0.4, -0.2) is 36.2 Å². The zero-order valence-corrected chi connectivity index (χ0v) is 11.7. The molecule has 18 heavy (non-hydrogen) atoms. The molecule has 2 nitrogen and oxygen atoms in total. The predicted octanol–water partition coefficient (Wildman–Crippen LogP) is 3.05. The molecule has 3 aliphatic rings. The number of hydrogen-bond acceptors (Lipinski definition) is 2.